The zero-order valence-electron chi connectivity index (χ0n) is 17.8. The van der Waals surface area contributed by atoms with Crippen LogP contribution in [0.3, 0.4) is 0 Å². The van der Waals surface area contributed by atoms with Crippen LogP contribution in [0, 0.1) is 5.82 Å². The molecule has 3 N–H and O–H groups in total. The average Bonchev–Trinajstić information content (AvgIpc) is 3.10. The van der Waals surface area contributed by atoms with Gasteiger partial charge in [0.15, 0.2) is 0 Å². The fourth-order valence-electron chi connectivity index (χ4n) is 3.32. The molecule has 2 aromatic heterocycles. The van der Waals surface area contributed by atoms with Crippen LogP contribution in [0.5, 0.6) is 0 Å². The number of carboxylic acids is 1. The molecule has 0 aliphatic carbocycles. The van der Waals surface area contributed by atoms with Crippen molar-refractivity contribution in [2.24, 2.45) is 0 Å². The first kappa shape index (κ1) is 22.0. The summed E-state index contributed by atoms with van der Waals surface area (Å²) in [5.74, 6) is -1.37. The molecule has 1 unspecified atom stereocenters. The molecule has 1 aliphatic rings. The summed E-state index contributed by atoms with van der Waals surface area (Å²) in [5, 5.41) is 14.2. The number of hydrogen-bond donors (Lipinski definition) is 3. The minimum Gasteiger partial charge on any atom is -0.480 e. The number of aromatic nitrogens is 3. The summed E-state index contributed by atoms with van der Waals surface area (Å²) in [6.45, 7) is 3.78. The second-order valence-corrected chi connectivity index (χ2v) is 7.72. The Morgan fingerprint density at radius 3 is 2.67 bits per heavy atom. The number of benzene rings is 1. The Labute approximate surface area is 187 Å². The number of hydrogen-bond acceptors (Lipinski definition) is 6. The first-order chi connectivity index (χ1) is 15.7. The number of carboxylic acid groups (broad SMARTS) is 1. The van der Waals surface area contributed by atoms with Gasteiger partial charge in [0.25, 0.3) is 0 Å². The third-order valence-electron chi connectivity index (χ3n) is 4.96. The predicted octanol–water partition coefficient (Wildman–Crippen LogP) is 3.18. The number of nitrogens with zero attached hydrogens (tertiary/aromatic N) is 4. The summed E-state index contributed by atoms with van der Waals surface area (Å²) in [5.41, 5.74) is 1.02. The zero-order valence-corrected chi connectivity index (χ0v) is 17.8. The molecular weight excluding hydrogens is 435 g/mol. The van der Waals surface area contributed by atoms with E-state index in [4.69, 9.17) is 9.84 Å². The number of nitrogens with one attached hydrogen (secondary N) is 2. The van der Waals surface area contributed by atoms with Crippen LogP contribution >= 0.6 is 0 Å². The summed E-state index contributed by atoms with van der Waals surface area (Å²) in [4.78, 5) is 44.9. The molecule has 1 saturated heterocycles. The second-order valence-electron chi connectivity index (χ2n) is 7.72. The zero-order chi connectivity index (χ0) is 23.7. The van der Waals surface area contributed by atoms with Crippen molar-refractivity contribution in [2.45, 2.75) is 32.4 Å². The van der Waals surface area contributed by atoms with Gasteiger partial charge in [0.1, 0.15) is 11.9 Å². The first-order valence-corrected chi connectivity index (χ1v) is 10.1. The van der Waals surface area contributed by atoms with E-state index in [0.29, 0.717) is 18.7 Å². The molecule has 11 nitrogen and oxygen atoms in total. The number of ether oxygens (including phenoxy) is 1. The molecule has 1 aromatic carbocycles. The molecule has 0 saturated carbocycles. The maximum Gasteiger partial charge on any atom is 0.411 e. The van der Waals surface area contributed by atoms with Crippen molar-refractivity contribution in [2.75, 3.05) is 17.2 Å². The molecule has 172 valence electrons. The van der Waals surface area contributed by atoms with Gasteiger partial charge in [-0.15, -0.1) is 0 Å². The minimum absolute atomic E-state index is 0.116. The number of fused-ring (bicyclic) bond motifs is 1. The summed E-state index contributed by atoms with van der Waals surface area (Å²) >= 11 is 0. The lowest BCUT2D eigenvalue weighted by Gasteiger charge is -2.37. The van der Waals surface area contributed by atoms with E-state index < -0.39 is 30.0 Å². The van der Waals surface area contributed by atoms with Crippen LogP contribution in [0.15, 0.2) is 36.8 Å². The van der Waals surface area contributed by atoms with Crippen LogP contribution < -0.4 is 10.6 Å². The average molecular weight is 456 g/mol. The highest BCUT2D eigenvalue weighted by Crippen LogP contribution is 2.27. The Kier molecular flexibility index (Phi) is 5.82. The fourth-order valence-corrected chi connectivity index (χ4v) is 3.32. The number of rotatable bonds is 5. The Morgan fingerprint density at radius 2 is 2.00 bits per heavy atom. The quantitative estimate of drug-likeness (QED) is 0.536. The van der Waals surface area contributed by atoms with Crippen molar-refractivity contribution in [3.63, 3.8) is 0 Å². The largest absolute Gasteiger partial charge is 0.480 e. The van der Waals surface area contributed by atoms with Crippen LogP contribution in [0.2, 0.25) is 0 Å². The molecule has 0 spiro atoms. The van der Waals surface area contributed by atoms with Gasteiger partial charge in [0.05, 0.1) is 23.7 Å². The molecule has 3 heterocycles. The van der Waals surface area contributed by atoms with E-state index in [1.165, 1.54) is 39.9 Å². The molecule has 1 fully saturated rings. The number of imidazole rings is 1. The van der Waals surface area contributed by atoms with Gasteiger partial charge in [0, 0.05) is 30.2 Å². The predicted molar refractivity (Wildman–Crippen MR) is 115 cm³/mol. The smallest absolute Gasteiger partial charge is 0.411 e. The van der Waals surface area contributed by atoms with E-state index in [-0.39, 0.29) is 28.8 Å². The SMILES string of the molecule is CC(C)OC(=O)Nc1cnc2nc(-c3cc(NC(=O)N4CCC4C(=O)O)ccc3F)cn2c1. The highest BCUT2D eigenvalue weighted by atomic mass is 19.1. The number of aliphatic carboxylic acids is 1. The topological polar surface area (TPSA) is 138 Å². The van der Waals surface area contributed by atoms with Crippen molar-refractivity contribution in [1.82, 2.24) is 19.3 Å². The van der Waals surface area contributed by atoms with Gasteiger partial charge in [-0.25, -0.2) is 28.7 Å². The molecule has 3 amide bonds. The first-order valence-electron chi connectivity index (χ1n) is 10.1. The van der Waals surface area contributed by atoms with Gasteiger partial charge in [-0.05, 0) is 38.5 Å². The molecule has 4 rings (SSSR count). The Balaban J connectivity index is 1.54. The molecule has 0 radical (unpaired) electrons. The Bertz CT molecular complexity index is 1240. The van der Waals surface area contributed by atoms with Gasteiger partial charge in [-0.3, -0.25) is 9.72 Å². The molecule has 3 aromatic rings. The van der Waals surface area contributed by atoms with Crippen LogP contribution in [0.25, 0.3) is 17.0 Å². The minimum atomic E-state index is -1.07. The van der Waals surface area contributed by atoms with Gasteiger partial charge in [-0.2, -0.15) is 0 Å². The van der Waals surface area contributed by atoms with Crippen LogP contribution in [-0.4, -0.2) is 61.2 Å². The summed E-state index contributed by atoms with van der Waals surface area (Å²) in [7, 11) is 0. The summed E-state index contributed by atoms with van der Waals surface area (Å²) in [6.07, 6.45) is 3.95. The van der Waals surface area contributed by atoms with Gasteiger partial charge >= 0.3 is 18.1 Å². The van der Waals surface area contributed by atoms with Gasteiger partial charge in [-0.1, -0.05) is 0 Å². The second kappa shape index (κ2) is 8.73. The number of carbonyl (C=O) groups is 3. The van der Waals surface area contributed by atoms with Crippen molar-refractivity contribution < 1.29 is 28.6 Å². The Hall–Kier alpha value is -4.22. The van der Waals surface area contributed by atoms with E-state index in [0.717, 1.165) is 0 Å². The maximum atomic E-state index is 14.6. The number of carbonyl (C=O) groups excluding carboxylic acids is 2. The molecule has 0 bridgehead atoms. The van der Waals surface area contributed by atoms with Crippen LogP contribution in [0.1, 0.15) is 20.3 Å². The number of urea groups is 1. The standard InChI is InChI=1S/C21H21FN6O5/c1-11(2)33-21(32)25-13-8-23-19-26-16(10-27(19)9-13)14-7-12(3-4-15(14)22)24-20(31)28-6-5-17(28)18(29)30/h3-4,7-11,17H,5-6H2,1-2H3,(H,24,31)(H,25,32)(H,29,30). The van der Waals surface area contributed by atoms with Gasteiger partial charge < -0.3 is 20.1 Å². The summed E-state index contributed by atoms with van der Waals surface area (Å²) < 4.78 is 21.1. The summed E-state index contributed by atoms with van der Waals surface area (Å²) in [6, 6.07) is 2.52. The monoisotopic (exact) mass is 456 g/mol. The van der Waals surface area contributed by atoms with Crippen LogP contribution in [-0.2, 0) is 9.53 Å². The normalized spacial score (nSPS) is 15.3. The lowest BCUT2D eigenvalue weighted by atomic mass is 10.0. The lowest BCUT2D eigenvalue weighted by Crippen LogP contribution is -2.56. The van der Waals surface area contributed by atoms with Crippen LogP contribution in [0.4, 0.5) is 25.4 Å². The maximum absolute atomic E-state index is 14.6. The lowest BCUT2D eigenvalue weighted by molar-refractivity contribution is -0.145. The molecule has 1 atom stereocenters. The number of halogens is 1. The molecular formula is C21H21FN6O5. The molecule has 12 heteroatoms. The molecule has 33 heavy (non-hydrogen) atoms. The third-order valence-corrected chi connectivity index (χ3v) is 4.96. The van der Waals surface area contributed by atoms with E-state index in [1.807, 2.05) is 0 Å². The third kappa shape index (κ3) is 4.68. The fraction of sp³-hybridized carbons (Fsp3) is 0.286. The molecule has 1 aliphatic heterocycles. The van der Waals surface area contributed by atoms with Gasteiger partial charge in [0.2, 0.25) is 5.78 Å². The van der Waals surface area contributed by atoms with Crippen molar-refractivity contribution in [3.8, 4) is 11.3 Å². The van der Waals surface area contributed by atoms with E-state index in [9.17, 15) is 18.8 Å². The number of anilines is 2. The highest BCUT2D eigenvalue weighted by molar-refractivity contribution is 5.94. The van der Waals surface area contributed by atoms with E-state index >= 15 is 0 Å². The van der Waals surface area contributed by atoms with Crippen molar-refractivity contribution in [1.29, 1.82) is 0 Å². The van der Waals surface area contributed by atoms with E-state index in [1.54, 1.807) is 20.0 Å². The van der Waals surface area contributed by atoms with E-state index in [2.05, 4.69) is 20.6 Å². The van der Waals surface area contributed by atoms with Crippen molar-refractivity contribution >= 4 is 35.2 Å². The number of likely N-dealkylation sites (tertiary alicyclic amines) is 1. The van der Waals surface area contributed by atoms with Crippen molar-refractivity contribution in [3.05, 3.63) is 42.6 Å². The number of amides is 3. The Morgan fingerprint density at radius 1 is 1.21 bits per heavy atom. The highest BCUT2D eigenvalue weighted by Gasteiger charge is 2.37.